The van der Waals surface area contributed by atoms with Gasteiger partial charge >= 0.3 is 5.97 Å². The molecular formula is C67H127NO5. The van der Waals surface area contributed by atoms with Gasteiger partial charge in [0.25, 0.3) is 0 Å². The number of ether oxygens (including phenoxy) is 1. The van der Waals surface area contributed by atoms with Gasteiger partial charge < -0.3 is 20.3 Å². The van der Waals surface area contributed by atoms with Gasteiger partial charge in [0.1, 0.15) is 0 Å². The second-order valence-corrected chi connectivity index (χ2v) is 22.4. The Morgan fingerprint density at radius 3 is 1.08 bits per heavy atom. The van der Waals surface area contributed by atoms with E-state index >= 15 is 0 Å². The fraction of sp³-hybridized carbons (Fsp3) is 0.881. The molecule has 0 fully saturated rings. The molecule has 1 amide bonds. The summed E-state index contributed by atoms with van der Waals surface area (Å²) in [5.41, 5.74) is 0. The van der Waals surface area contributed by atoms with E-state index in [0.29, 0.717) is 25.9 Å². The van der Waals surface area contributed by atoms with Crippen molar-refractivity contribution >= 4 is 11.9 Å². The van der Waals surface area contributed by atoms with Gasteiger partial charge in [-0.3, -0.25) is 9.59 Å². The minimum atomic E-state index is -0.663. The average Bonchev–Trinajstić information content (AvgIpc) is 3.39. The van der Waals surface area contributed by atoms with E-state index in [9.17, 15) is 19.8 Å². The molecule has 0 spiro atoms. The molecule has 0 radical (unpaired) electrons. The fourth-order valence-corrected chi connectivity index (χ4v) is 10.1. The molecule has 73 heavy (non-hydrogen) atoms. The number of hydrogen-bond donors (Lipinski definition) is 3. The quantitative estimate of drug-likeness (QED) is 0.0320. The highest BCUT2D eigenvalue weighted by molar-refractivity contribution is 5.76. The molecule has 0 saturated carbocycles. The van der Waals surface area contributed by atoms with Crippen molar-refractivity contribution in [3.8, 4) is 0 Å². The molecule has 0 aromatic rings. The Bertz CT molecular complexity index is 1180. The van der Waals surface area contributed by atoms with Gasteiger partial charge in [-0.1, -0.05) is 294 Å². The number of carbonyl (C=O) groups excluding carboxylic acids is 2. The predicted octanol–water partition coefficient (Wildman–Crippen LogP) is 20.8. The highest BCUT2D eigenvalue weighted by atomic mass is 16.5. The minimum absolute atomic E-state index is 0.00189. The van der Waals surface area contributed by atoms with Gasteiger partial charge in [0, 0.05) is 12.8 Å². The summed E-state index contributed by atoms with van der Waals surface area (Å²) in [5, 5.41) is 23.3. The number of nitrogens with one attached hydrogen (secondary N) is 1. The fourth-order valence-electron chi connectivity index (χ4n) is 10.1. The van der Waals surface area contributed by atoms with E-state index in [-0.39, 0.29) is 18.5 Å². The van der Waals surface area contributed by atoms with Gasteiger partial charge in [-0.25, -0.2) is 0 Å². The van der Waals surface area contributed by atoms with Crippen LogP contribution in [0.3, 0.4) is 0 Å². The zero-order valence-corrected chi connectivity index (χ0v) is 49.1. The number of hydrogen-bond acceptors (Lipinski definition) is 5. The van der Waals surface area contributed by atoms with Crippen LogP contribution in [0.4, 0.5) is 0 Å². The van der Waals surface area contributed by atoms with Crippen LogP contribution in [0.25, 0.3) is 0 Å². The predicted molar refractivity (Wildman–Crippen MR) is 319 cm³/mol. The van der Waals surface area contributed by atoms with E-state index in [1.54, 1.807) is 0 Å². The molecule has 0 rings (SSSR count). The van der Waals surface area contributed by atoms with Crippen molar-refractivity contribution in [2.45, 2.75) is 366 Å². The van der Waals surface area contributed by atoms with E-state index in [4.69, 9.17) is 4.74 Å². The van der Waals surface area contributed by atoms with E-state index in [2.05, 4.69) is 55.6 Å². The Balaban J connectivity index is 3.37. The normalized spacial score (nSPS) is 12.8. The number of aliphatic hydroxyl groups excluding tert-OH is 2. The molecule has 0 aliphatic carbocycles. The monoisotopic (exact) mass is 1030 g/mol. The molecule has 6 heteroatoms. The SMILES string of the molecule is CCCCC/C=C\C/C=C\CCCCCCCC(=O)OCCCCCCCCCCCCCC/C=C\CCCCCCCCCCCCCCC(=O)NC(CO)C(O)CCCCCCCCCCCCCCC. The largest absolute Gasteiger partial charge is 0.466 e. The maximum Gasteiger partial charge on any atom is 0.305 e. The lowest BCUT2D eigenvalue weighted by Crippen LogP contribution is -2.45. The molecule has 0 saturated heterocycles. The van der Waals surface area contributed by atoms with E-state index in [0.717, 1.165) is 51.4 Å². The van der Waals surface area contributed by atoms with E-state index in [1.165, 1.54) is 270 Å². The van der Waals surface area contributed by atoms with Gasteiger partial charge in [-0.05, 0) is 83.5 Å². The Kier molecular flexibility index (Phi) is 61.0. The molecule has 430 valence electrons. The second kappa shape index (κ2) is 62.6. The average molecular weight is 1030 g/mol. The zero-order valence-electron chi connectivity index (χ0n) is 49.1. The number of amides is 1. The number of aliphatic hydroxyl groups is 2. The highest BCUT2D eigenvalue weighted by Crippen LogP contribution is 2.18. The smallest absolute Gasteiger partial charge is 0.305 e. The standard InChI is InChI=1S/C67H127NO5/c1-3-5-7-9-11-13-15-17-32-37-41-45-49-53-57-61-67(72)73-62-58-54-50-46-42-38-34-31-29-27-25-23-21-19-18-20-22-24-26-28-30-33-36-40-44-48-52-56-60-66(71)68-64(63-69)65(70)59-55-51-47-43-39-35-16-14-12-10-8-6-4-2/h11,13,17-19,32,64-65,69-70H,3-10,12,14-16,20-31,33-63H2,1-2H3,(H,68,71)/b13-11-,19-18-,32-17-. The molecule has 0 aromatic carbocycles. The molecule has 0 aliphatic heterocycles. The summed E-state index contributed by atoms with van der Waals surface area (Å²) < 4.78 is 5.48. The van der Waals surface area contributed by atoms with Crippen molar-refractivity contribution in [1.29, 1.82) is 0 Å². The number of unbranched alkanes of at least 4 members (excludes halogenated alkanes) is 44. The van der Waals surface area contributed by atoms with Crippen LogP contribution in [0.2, 0.25) is 0 Å². The molecule has 0 bridgehead atoms. The summed E-state index contributed by atoms with van der Waals surface area (Å²) in [6.07, 6.45) is 78.9. The summed E-state index contributed by atoms with van der Waals surface area (Å²) >= 11 is 0. The van der Waals surface area contributed by atoms with Gasteiger partial charge in [0.05, 0.1) is 25.4 Å². The van der Waals surface area contributed by atoms with Crippen molar-refractivity contribution in [3.05, 3.63) is 36.5 Å². The Morgan fingerprint density at radius 1 is 0.384 bits per heavy atom. The highest BCUT2D eigenvalue weighted by Gasteiger charge is 2.20. The Hall–Kier alpha value is -1.92. The number of carbonyl (C=O) groups is 2. The molecule has 2 atom stereocenters. The van der Waals surface area contributed by atoms with Crippen LogP contribution in [-0.4, -0.2) is 47.4 Å². The lowest BCUT2D eigenvalue weighted by molar-refractivity contribution is -0.143. The van der Waals surface area contributed by atoms with Crippen molar-refractivity contribution in [2.75, 3.05) is 13.2 Å². The second-order valence-electron chi connectivity index (χ2n) is 22.4. The lowest BCUT2D eigenvalue weighted by atomic mass is 10.0. The number of esters is 1. The van der Waals surface area contributed by atoms with Crippen LogP contribution in [0.15, 0.2) is 36.5 Å². The van der Waals surface area contributed by atoms with E-state index in [1.807, 2.05) is 0 Å². The molecule has 2 unspecified atom stereocenters. The van der Waals surface area contributed by atoms with Crippen LogP contribution in [0.5, 0.6) is 0 Å². The molecule has 0 heterocycles. The number of rotatable bonds is 61. The van der Waals surface area contributed by atoms with Crippen molar-refractivity contribution in [3.63, 3.8) is 0 Å². The zero-order chi connectivity index (χ0) is 52.9. The molecule has 0 aromatic heterocycles. The third-order valence-corrected chi connectivity index (χ3v) is 15.2. The summed E-state index contributed by atoms with van der Waals surface area (Å²) in [4.78, 5) is 24.5. The first-order valence-corrected chi connectivity index (χ1v) is 32.7. The molecule has 6 nitrogen and oxygen atoms in total. The van der Waals surface area contributed by atoms with Gasteiger partial charge in [0.15, 0.2) is 0 Å². The lowest BCUT2D eigenvalue weighted by Gasteiger charge is -2.22. The van der Waals surface area contributed by atoms with Crippen LogP contribution < -0.4 is 5.32 Å². The summed E-state index contributed by atoms with van der Waals surface area (Å²) in [6.45, 7) is 4.93. The Labute approximate surface area is 455 Å². The topological polar surface area (TPSA) is 95.9 Å². The minimum Gasteiger partial charge on any atom is -0.466 e. The first-order chi connectivity index (χ1) is 36.0. The van der Waals surface area contributed by atoms with Crippen molar-refractivity contribution in [1.82, 2.24) is 5.32 Å². The van der Waals surface area contributed by atoms with Crippen LogP contribution in [-0.2, 0) is 14.3 Å². The van der Waals surface area contributed by atoms with Crippen LogP contribution in [0.1, 0.15) is 354 Å². The maximum atomic E-state index is 12.5. The molecular weight excluding hydrogens is 899 g/mol. The summed E-state index contributed by atoms with van der Waals surface area (Å²) in [5.74, 6) is -0.0320. The van der Waals surface area contributed by atoms with Gasteiger partial charge in [-0.15, -0.1) is 0 Å². The van der Waals surface area contributed by atoms with Crippen LogP contribution >= 0.6 is 0 Å². The van der Waals surface area contributed by atoms with Crippen molar-refractivity contribution in [2.24, 2.45) is 0 Å². The third kappa shape index (κ3) is 59.2. The van der Waals surface area contributed by atoms with Crippen molar-refractivity contribution < 1.29 is 24.5 Å². The maximum absolute atomic E-state index is 12.5. The first kappa shape index (κ1) is 71.1. The third-order valence-electron chi connectivity index (χ3n) is 15.2. The van der Waals surface area contributed by atoms with Gasteiger partial charge in [0.2, 0.25) is 5.91 Å². The summed E-state index contributed by atoms with van der Waals surface area (Å²) in [7, 11) is 0. The summed E-state index contributed by atoms with van der Waals surface area (Å²) in [6, 6.07) is -0.541. The molecule has 0 aliphatic rings. The first-order valence-electron chi connectivity index (χ1n) is 32.7. The van der Waals surface area contributed by atoms with E-state index < -0.39 is 12.1 Å². The Morgan fingerprint density at radius 2 is 0.685 bits per heavy atom. The van der Waals surface area contributed by atoms with Gasteiger partial charge in [-0.2, -0.15) is 0 Å². The number of allylic oxidation sites excluding steroid dienone is 6. The van der Waals surface area contributed by atoms with Crippen LogP contribution in [0, 0.1) is 0 Å². The molecule has 3 N–H and O–H groups in total.